The van der Waals surface area contributed by atoms with Gasteiger partial charge in [-0.25, -0.2) is 0 Å². The second-order valence-electron chi connectivity index (χ2n) is 4.21. The van der Waals surface area contributed by atoms with E-state index in [2.05, 4.69) is 15.0 Å². The number of anilines is 1. The maximum absolute atomic E-state index is 11.2. The molecule has 0 atom stereocenters. The van der Waals surface area contributed by atoms with Gasteiger partial charge in [-0.3, -0.25) is 4.79 Å². The van der Waals surface area contributed by atoms with E-state index in [9.17, 15) is 4.79 Å². The first-order chi connectivity index (χ1) is 8.56. The highest BCUT2D eigenvalue weighted by molar-refractivity contribution is 6.31. The Morgan fingerprint density at radius 2 is 1.78 bits per heavy atom. The van der Waals surface area contributed by atoms with Gasteiger partial charge in [-0.05, 0) is 36.0 Å². The molecule has 1 heterocycles. The summed E-state index contributed by atoms with van der Waals surface area (Å²) in [4.78, 5) is 24.6. The maximum atomic E-state index is 11.2. The summed E-state index contributed by atoms with van der Waals surface area (Å²) in [5, 5.41) is 0.0231. The van der Waals surface area contributed by atoms with E-state index in [0.29, 0.717) is 5.95 Å². The number of nitrogens with two attached hydrogens (primary N) is 1. The Labute approximate surface area is 115 Å². The zero-order chi connectivity index (χ0) is 13.1. The molecule has 2 N–H and O–H groups in total. The van der Waals surface area contributed by atoms with Crippen LogP contribution in [0.15, 0.2) is 0 Å². The second-order valence-corrected chi connectivity index (χ2v) is 4.88. The van der Waals surface area contributed by atoms with E-state index in [1.54, 1.807) is 4.90 Å². The van der Waals surface area contributed by atoms with E-state index >= 15 is 0 Å². The number of hydrogen-bond acceptors (Lipinski definition) is 5. The molecule has 0 spiro atoms. The Morgan fingerprint density at radius 1 is 1.22 bits per heavy atom. The summed E-state index contributed by atoms with van der Waals surface area (Å²) in [6, 6.07) is 0.201. The molecule has 6 nitrogen and oxygen atoms in total. The number of aromatic nitrogens is 3. The van der Waals surface area contributed by atoms with Crippen LogP contribution in [0.1, 0.15) is 25.7 Å². The maximum Gasteiger partial charge on any atom is 0.237 e. The summed E-state index contributed by atoms with van der Waals surface area (Å²) < 4.78 is 0. The van der Waals surface area contributed by atoms with E-state index in [1.165, 1.54) is 0 Å². The van der Waals surface area contributed by atoms with Crippen molar-refractivity contribution < 1.29 is 4.79 Å². The van der Waals surface area contributed by atoms with Gasteiger partial charge in [0.05, 0.1) is 6.54 Å². The van der Waals surface area contributed by atoms with Crippen molar-refractivity contribution in [2.45, 2.75) is 31.7 Å². The molecule has 1 aromatic rings. The van der Waals surface area contributed by atoms with Crippen molar-refractivity contribution in [3.8, 4) is 0 Å². The number of halogens is 2. The van der Waals surface area contributed by atoms with Gasteiger partial charge in [-0.2, -0.15) is 15.0 Å². The van der Waals surface area contributed by atoms with Gasteiger partial charge in [0.15, 0.2) is 0 Å². The van der Waals surface area contributed by atoms with E-state index in [1.807, 2.05) is 0 Å². The van der Waals surface area contributed by atoms with Crippen LogP contribution in [-0.4, -0.2) is 33.4 Å². The summed E-state index contributed by atoms with van der Waals surface area (Å²) in [6.07, 6.45) is 4.20. The summed E-state index contributed by atoms with van der Waals surface area (Å²) in [7, 11) is 0. The van der Waals surface area contributed by atoms with Gasteiger partial charge in [0.25, 0.3) is 0 Å². The number of carbonyl (C=O) groups is 1. The van der Waals surface area contributed by atoms with Crippen molar-refractivity contribution in [1.29, 1.82) is 0 Å². The normalized spacial score (nSPS) is 15.9. The molecule has 2 rings (SSSR count). The minimum Gasteiger partial charge on any atom is -0.368 e. The van der Waals surface area contributed by atoms with Crippen LogP contribution in [0.3, 0.4) is 0 Å². The molecule has 18 heavy (non-hydrogen) atoms. The van der Waals surface area contributed by atoms with Crippen molar-refractivity contribution in [2.75, 3.05) is 11.4 Å². The van der Waals surface area contributed by atoms with Crippen LogP contribution in [0.2, 0.25) is 10.6 Å². The number of nitrogens with zero attached hydrogens (tertiary/aromatic N) is 4. The predicted molar refractivity (Wildman–Crippen MR) is 68.6 cm³/mol. The average molecular weight is 290 g/mol. The van der Waals surface area contributed by atoms with Gasteiger partial charge in [0, 0.05) is 6.04 Å². The molecule has 0 aliphatic heterocycles. The zero-order valence-corrected chi connectivity index (χ0v) is 11.2. The minimum atomic E-state index is -0.436. The van der Waals surface area contributed by atoms with Crippen LogP contribution < -0.4 is 10.6 Å². The zero-order valence-electron chi connectivity index (χ0n) is 9.64. The Hall–Kier alpha value is -1.14. The molecule has 1 saturated carbocycles. The van der Waals surface area contributed by atoms with Crippen LogP contribution in [0, 0.1) is 0 Å². The summed E-state index contributed by atoms with van der Waals surface area (Å²) >= 11 is 11.5. The average Bonchev–Trinajstić information content (AvgIpc) is 2.77. The fraction of sp³-hybridized carbons (Fsp3) is 0.600. The monoisotopic (exact) mass is 289 g/mol. The van der Waals surface area contributed by atoms with Crippen molar-refractivity contribution in [1.82, 2.24) is 15.0 Å². The highest BCUT2D eigenvalue weighted by atomic mass is 35.5. The molecule has 1 aliphatic carbocycles. The fourth-order valence-electron chi connectivity index (χ4n) is 2.19. The largest absolute Gasteiger partial charge is 0.368 e. The lowest BCUT2D eigenvalue weighted by Gasteiger charge is -2.27. The van der Waals surface area contributed by atoms with Crippen LogP contribution in [0.5, 0.6) is 0 Å². The molecular formula is C10H13Cl2N5O. The van der Waals surface area contributed by atoms with Gasteiger partial charge in [0.2, 0.25) is 22.4 Å². The molecule has 0 unspecified atom stereocenters. The quantitative estimate of drug-likeness (QED) is 0.906. The van der Waals surface area contributed by atoms with Crippen LogP contribution in [-0.2, 0) is 4.79 Å². The summed E-state index contributed by atoms with van der Waals surface area (Å²) in [5.74, 6) is -0.125. The number of hydrogen-bond donors (Lipinski definition) is 1. The van der Waals surface area contributed by atoms with E-state index in [-0.39, 0.29) is 23.2 Å². The Bertz CT molecular complexity index is 430. The smallest absolute Gasteiger partial charge is 0.237 e. The third kappa shape index (κ3) is 3.20. The topological polar surface area (TPSA) is 85.0 Å². The minimum absolute atomic E-state index is 0.0115. The molecule has 0 radical (unpaired) electrons. The molecule has 98 valence electrons. The lowest BCUT2D eigenvalue weighted by atomic mass is 10.2. The molecule has 1 fully saturated rings. The molecule has 1 aliphatic rings. The summed E-state index contributed by atoms with van der Waals surface area (Å²) in [5.41, 5.74) is 5.26. The van der Waals surface area contributed by atoms with Crippen molar-refractivity contribution in [3.63, 3.8) is 0 Å². The first kappa shape index (κ1) is 13.3. The third-order valence-corrected chi connectivity index (χ3v) is 3.26. The highest BCUT2D eigenvalue weighted by Gasteiger charge is 2.26. The Kier molecular flexibility index (Phi) is 4.19. The van der Waals surface area contributed by atoms with E-state index < -0.39 is 5.91 Å². The first-order valence-corrected chi connectivity index (χ1v) is 6.44. The molecule has 0 bridgehead atoms. The molecule has 1 aromatic heterocycles. The van der Waals surface area contributed by atoms with Crippen LogP contribution in [0.4, 0.5) is 5.95 Å². The van der Waals surface area contributed by atoms with E-state index in [0.717, 1.165) is 25.7 Å². The molecule has 0 aromatic carbocycles. The van der Waals surface area contributed by atoms with Crippen molar-refractivity contribution >= 4 is 35.1 Å². The van der Waals surface area contributed by atoms with Gasteiger partial charge in [0.1, 0.15) is 0 Å². The summed E-state index contributed by atoms with van der Waals surface area (Å²) in [6.45, 7) is 0.0569. The first-order valence-electron chi connectivity index (χ1n) is 5.68. The molecule has 0 saturated heterocycles. The van der Waals surface area contributed by atoms with Crippen molar-refractivity contribution in [3.05, 3.63) is 10.6 Å². The van der Waals surface area contributed by atoms with Crippen molar-refractivity contribution in [2.24, 2.45) is 5.73 Å². The predicted octanol–water partition coefficient (Wildman–Crippen LogP) is 1.41. The number of carbonyl (C=O) groups excluding carboxylic acids is 1. The van der Waals surface area contributed by atoms with E-state index in [4.69, 9.17) is 28.9 Å². The lowest BCUT2D eigenvalue weighted by Crippen LogP contribution is -2.41. The molecular weight excluding hydrogens is 277 g/mol. The standard InChI is InChI=1S/C10H13Cl2N5O/c11-8-14-9(12)16-10(15-8)17(5-7(13)18)6-3-1-2-4-6/h6H,1-5H2,(H2,13,18). The Balaban J connectivity index is 2.28. The van der Waals surface area contributed by atoms with Gasteiger partial charge < -0.3 is 10.6 Å². The highest BCUT2D eigenvalue weighted by Crippen LogP contribution is 2.26. The van der Waals surface area contributed by atoms with Crippen LogP contribution in [0.25, 0.3) is 0 Å². The number of rotatable bonds is 4. The number of primary amides is 1. The second kappa shape index (κ2) is 5.67. The third-order valence-electron chi connectivity index (χ3n) is 2.92. The van der Waals surface area contributed by atoms with Crippen LogP contribution >= 0.6 is 23.2 Å². The molecule has 8 heteroatoms. The number of amides is 1. The van der Waals surface area contributed by atoms with Gasteiger partial charge in [-0.1, -0.05) is 12.8 Å². The van der Waals surface area contributed by atoms with Gasteiger partial charge in [-0.15, -0.1) is 0 Å². The lowest BCUT2D eigenvalue weighted by molar-refractivity contribution is -0.116. The Morgan fingerprint density at radius 3 is 2.28 bits per heavy atom. The molecule has 1 amide bonds. The van der Waals surface area contributed by atoms with Gasteiger partial charge >= 0.3 is 0 Å². The SMILES string of the molecule is NC(=O)CN(c1nc(Cl)nc(Cl)n1)C1CCCC1. The fourth-order valence-corrected chi connectivity index (χ4v) is 2.55.